The van der Waals surface area contributed by atoms with Crippen molar-refractivity contribution in [1.82, 2.24) is 19.1 Å². The molecule has 6 aromatic carbocycles. The number of ether oxygens (including phenoxy) is 6. The Hall–Kier alpha value is -8.02. The second-order valence-electron chi connectivity index (χ2n) is 19.1. The summed E-state index contributed by atoms with van der Waals surface area (Å²) in [6.45, 7) is 3.74. The van der Waals surface area contributed by atoms with E-state index < -0.39 is 5.54 Å². The van der Waals surface area contributed by atoms with Crippen LogP contribution in [0.4, 0.5) is 0 Å². The zero-order chi connectivity index (χ0) is 51.3. The van der Waals surface area contributed by atoms with E-state index in [0.717, 1.165) is 116 Å². The molecule has 0 aliphatic rings. The van der Waals surface area contributed by atoms with Crippen LogP contribution in [-0.4, -0.2) is 67.3 Å². The SMILES string of the molecule is CCC(N)(Cc1cc2c3ccccc3n(CCCc3ccccc3)c2c(-c2cc(OC)c(OC)c(OC)c2)n1)Cc1cc2c3ccccc3n(CCCc3ccccc3)c2c(-c2cc(OC)c(OC)c(OC)c2)n1. The smallest absolute Gasteiger partial charge is 0.203 e. The summed E-state index contributed by atoms with van der Waals surface area (Å²) in [4.78, 5) is 11.2. The van der Waals surface area contributed by atoms with E-state index in [-0.39, 0.29) is 0 Å². The van der Waals surface area contributed by atoms with Gasteiger partial charge < -0.3 is 43.3 Å². The molecule has 378 valence electrons. The molecule has 10 aromatic rings. The topological polar surface area (TPSA) is 117 Å². The Morgan fingerprint density at radius 3 is 1.16 bits per heavy atom. The fourth-order valence-corrected chi connectivity index (χ4v) is 10.9. The predicted molar refractivity (Wildman–Crippen MR) is 299 cm³/mol. The number of methoxy groups -OCH3 is 6. The summed E-state index contributed by atoms with van der Waals surface area (Å²) >= 11 is 0. The maximum absolute atomic E-state index is 7.76. The highest BCUT2D eigenvalue weighted by atomic mass is 16.5. The molecule has 0 spiro atoms. The summed E-state index contributed by atoms with van der Waals surface area (Å²) in [5.41, 5.74) is 19.1. The van der Waals surface area contributed by atoms with E-state index in [2.05, 4.69) is 137 Å². The van der Waals surface area contributed by atoms with Gasteiger partial charge in [-0.15, -0.1) is 0 Å². The molecular formula is C63H65N5O6. The number of rotatable bonds is 21. The molecule has 0 unspecified atom stereocenters. The second-order valence-corrected chi connectivity index (χ2v) is 19.1. The van der Waals surface area contributed by atoms with Gasteiger partial charge >= 0.3 is 0 Å². The summed E-state index contributed by atoms with van der Waals surface area (Å²) in [5, 5.41) is 4.52. The lowest BCUT2D eigenvalue weighted by Gasteiger charge is -2.28. The predicted octanol–water partition coefficient (Wildman–Crippen LogP) is 13.2. The Morgan fingerprint density at radius 2 is 0.811 bits per heavy atom. The number of pyridine rings is 2. The molecule has 0 atom stereocenters. The number of nitrogens with two attached hydrogens (primary N) is 1. The Morgan fingerprint density at radius 1 is 0.446 bits per heavy atom. The van der Waals surface area contributed by atoms with Crippen LogP contribution in [0.2, 0.25) is 0 Å². The summed E-state index contributed by atoms with van der Waals surface area (Å²) < 4.78 is 40.2. The fourth-order valence-electron chi connectivity index (χ4n) is 10.9. The number of nitrogens with zero attached hydrogens (tertiary/aromatic N) is 4. The third kappa shape index (κ3) is 9.55. The quantitative estimate of drug-likeness (QED) is 0.0751. The lowest BCUT2D eigenvalue weighted by Crippen LogP contribution is -2.44. The van der Waals surface area contributed by atoms with Gasteiger partial charge in [0.15, 0.2) is 23.0 Å². The van der Waals surface area contributed by atoms with Crippen molar-refractivity contribution < 1.29 is 28.4 Å². The molecule has 4 heterocycles. The van der Waals surface area contributed by atoms with Gasteiger partial charge in [-0.2, -0.15) is 0 Å². The number of hydrogen-bond acceptors (Lipinski definition) is 9. The molecule has 10 rings (SSSR count). The minimum Gasteiger partial charge on any atom is -0.493 e. The van der Waals surface area contributed by atoms with Gasteiger partial charge in [0.05, 0.1) is 65.1 Å². The molecule has 0 aliphatic carbocycles. The number of hydrogen-bond donors (Lipinski definition) is 1. The van der Waals surface area contributed by atoms with Crippen LogP contribution in [0.1, 0.15) is 48.7 Å². The molecule has 0 fully saturated rings. The van der Waals surface area contributed by atoms with E-state index in [9.17, 15) is 0 Å². The first-order valence-corrected chi connectivity index (χ1v) is 25.5. The molecule has 0 aliphatic heterocycles. The molecule has 0 amide bonds. The molecule has 0 saturated heterocycles. The van der Waals surface area contributed by atoms with Crippen molar-refractivity contribution in [3.05, 3.63) is 168 Å². The van der Waals surface area contributed by atoms with Crippen LogP contribution in [0.25, 0.3) is 66.1 Å². The highest BCUT2D eigenvalue weighted by Crippen LogP contribution is 2.46. The number of aromatic nitrogens is 4. The molecule has 74 heavy (non-hydrogen) atoms. The van der Waals surface area contributed by atoms with Gasteiger partial charge in [0.1, 0.15) is 0 Å². The average molecular weight is 988 g/mol. The van der Waals surface area contributed by atoms with Crippen molar-refractivity contribution in [2.24, 2.45) is 5.73 Å². The Kier molecular flexibility index (Phi) is 14.5. The molecule has 4 aromatic heterocycles. The Bertz CT molecular complexity index is 3320. The first-order valence-electron chi connectivity index (χ1n) is 25.5. The van der Waals surface area contributed by atoms with Crippen LogP contribution in [-0.2, 0) is 38.8 Å². The van der Waals surface area contributed by atoms with Crippen molar-refractivity contribution in [3.8, 4) is 57.0 Å². The molecule has 0 bridgehead atoms. The average Bonchev–Trinajstić information content (AvgIpc) is 3.96. The zero-order valence-corrected chi connectivity index (χ0v) is 43.5. The highest BCUT2D eigenvalue weighted by molar-refractivity contribution is 6.13. The van der Waals surface area contributed by atoms with Crippen LogP contribution in [0.15, 0.2) is 146 Å². The van der Waals surface area contributed by atoms with Crippen molar-refractivity contribution in [1.29, 1.82) is 0 Å². The standard InChI is InChI=1S/C63H65N5O6/c1-8-63(64,39-45-37-49-47-27-15-17-29-51(47)67(31-19-25-41-21-11-9-12-22-41)59(49)57(65-45)43-33-53(69-2)61(73-6)54(34-43)70-3)40-46-38-50-48-28-16-18-30-52(48)68(32-20-26-42-23-13-10-14-24-42)60(50)58(66-46)44-35-55(71-4)62(74-7)56(36-44)72-5/h9-18,21-24,27-30,33-38H,8,19-20,25-26,31-32,39-40,64H2,1-7H3. The number of aryl methyl sites for hydroxylation is 4. The van der Waals surface area contributed by atoms with Crippen LogP contribution in [0.3, 0.4) is 0 Å². The van der Waals surface area contributed by atoms with Crippen LogP contribution in [0.5, 0.6) is 34.5 Å². The zero-order valence-electron chi connectivity index (χ0n) is 43.5. The minimum absolute atomic E-state index is 0.477. The lowest BCUT2D eigenvalue weighted by molar-refractivity contribution is 0.324. The van der Waals surface area contributed by atoms with Crippen LogP contribution < -0.4 is 34.2 Å². The van der Waals surface area contributed by atoms with Gasteiger partial charge in [0.25, 0.3) is 0 Å². The van der Waals surface area contributed by atoms with E-state index in [1.807, 2.05) is 24.3 Å². The normalized spacial score (nSPS) is 11.7. The third-order valence-electron chi connectivity index (χ3n) is 14.6. The van der Waals surface area contributed by atoms with Gasteiger partial charge in [0, 0.05) is 86.6 Å². The number of para-hydroxylation sites is 2. The summed E-state index contributed by atoms with van der Waals surface area (Å²) in [6.07, 6.45) is 5.39. The van der Waals surface area contributed by atoms with Crippen LogP contribution >= 0.6 is 0 Å². The molecule has 11 nitrogen and oxygen atoms in total. The van der Waals surface area contributed by atoms with E-state index in [1.165, 1.54) is 11.1 Å². The van der Waals surface area contributed by atoms with E-state index >= 15 is 0 Å². The van der Waals surface area contributed by atoms with Gasteiger partial charge in [-0.25, -0.2) is 0 Å². The first-order chi connectivity index (χ1) is 36.2. The van der Waals surface area contributed by atoms with Gasteiger partial charge in [-0.3, -0.25) is 9.97 Å². The highest BCUT2D eigenvalue weighted by Gasteiger charge is 2.30. The van der Waals surface area contributed by atoms with Crippen molar-refractivity contribution >= 4 is 43.6 Å². The molecule has 0 saturated carbocycles. The van der Waals surface area contributed by atoms with Gasteiger partial charge in [0.2, 0.25) is 11.5 Å². The molecular weight excluding hydrogens is 923 g/mol. The van der Waals surface area contributed by atoms with Crippen molar-refractivity contribution in [2.45, 2.75) is 70.5 Å². The Balaban J connectivity index is 1.12. The largest absolute Gasteiger partial charge is 0.493 e. The maximum atomic E-state index is 7.76. The maximum Gasteiger partial charge on any atom is 0.203 e. The summed E-state index contributed by atoms with van der Waals surface area (Å²) in [6, 6.07) is 51.1. The fraction of sp³-hybridized carbons (Fsp3) is 0.270. The minimum atomic E-state index is -0.761. The van der Waals surface area contributed by atoms with E-state index in [1.54, 1.807) is 42.7 Å². The third-order valence-corrected chi connectivity index (χ3v) is 14.6. The van der Waals surface area contributed by atoms with Crippen LogP contribution in [0, 0.1) is 0 Å². The van der Waals surface area contributed by atoms with E-state index in [0.29, 0.717) is 53.8 Å². The first kappa shape index (κ1) is 49.6. The summed E-state index contributed by atoms with van der Waals surface area (Å²) in [7, 11) is 9.83. The number of fused-ring (bicyclic) bond motifs is 6. The van der Waals surface area contributed by atoms with Crippen molar-refractivity contribution in [2.75, 3.05) is 42.7 Å². The van der Waals surface area contributed by atoms with Crippen molar-refractivity contribution in [3.63, 3.8) is 0 Å². The summed E-state index contributed by atoms with van der Waals surface area (Å²) in [5.74, 6) is 3.25. The van der Waals surface area contributed by atoms with Gasteiger partial charge in [-0.1, -0.05) is 104 Å². The van der Waals surface area contributed by atoms with E-state index in [4.69, 9.17) is 44.1 Å². The monoisotopic (exact) mass is 987 g/mol. The molecule has 0 radical (unpaired) electrons. The lowest BCUT2D eigenvalue weighted by atomic mass is 9.85. The molecule has 2 N–H and O–H groups in total. The molecule has 11 heteroatoms. The van der Waals surface area contributed by atoms with Gasteiger partial charge in [-0.05, 0) is 91.8 Å². The second kappa shape index (κ2) is 21.6. The number of benzene rings is 6. The Labute approximate surface area is 433 Å².